The van der Waals surface area contributed by atoms with Crippen LogP contribution in [-0.2, 0) is 16.9 Å². The first-order valence-corrected chi connectivity index (χ1v) is 10.6. The first-order chi connectivity index (χ1) is 14.6. The fraction of sp³-hybridized carbons (Fsp3) is 0.545. The maximum Gasteiger partial charge on any atom is 0.248 e. The Morgan fingerprint density at radius 2 is 1.84 bits per heavy atom. The van der Waals surface area contributed by atoms with E-state index in [-0.39, 0.29) is 37.2 Å². The number of halogens is 3. The van der Waals surface area contributed by atoms with Crippen LogP contribution in [0.3, 0.4) is 0 Å². The smallest absolute Gasteiger partial charge is 0.248 e. The van der Waals surface area contributed by atoms with Crippen LogP contribution in [-0.4, -0.2) is 45.4 Å². The Kier molecular flexibility index (Phi) is 5.49. The summed E-state index contributed by atoms with van der Waals surface area (Å²) in [5.41, 5.74) is 6.25. The fourth-order valence-corrected chi connectivity index (χ4v) is 4.62. The number of nitrogens with zero attached hydrogens (tertiary/aromatic N) is 3. The van der Waals surface area contributed by atoms with E-state index in [0.717, 1.165) is 11.4 Å². The van der Waals surface area contributed by atoms with E-state index in [0.29, 0.717) is 37.4 Å². The average molecular weight is 435 g/mol. The number of rotatable bonds is 4. The second-order valence-electron chi connectivity index (χ2n) is 8.87. The Balaban J connectivity index is 1.75. The van der Waals surface area contributed by atoms with Gasteiger partial charge in [0.05, 0.1) is 12.1 Å². The monoisotopic (exact) mass is 435 g/mol. The summed E-state index contributed by atoms with van der Waals surface area (Å²) < 4.78 is 42.8. The van der Waals surface area contributed by atoms with Crippen LogP contribution in [0.1, 0.15) is 45.4 Å². The molecule has 0 atom stereocenters. The number of anilines is 1. The maximum absolute atomic E-state index is 13.6. The normalized spacial score (nSPS) is 20.4. The Morgan fingerprint density at radius 1 is 1.19 bits per heavy atom. The molecule has 1 aromatic heterocycles. The molecule has 0 bridgehead atoms. The molecule has 0 saturated heterocycles. The second-order valence-corrected chi connectivity index (χ2v) is 8.87. The lowest BCUT2D eigenvalue weighted by Gasteiger charge is -2.42. The van der Waals surface area contributed by atoms with Gasteiger partial charge in [-0.1, -0.05) is 0 Å². The summed E-state index contributed by atoms with van der Waals surface area (Å²) in [5, 5.41) is 3.45. The quantitative estimate of drug-likeness (QED) is 0.768. The van der Waals surface area contributed by atoms with E-state index in [1.54, 1.807) is 17.0 Å². The van der Waals surface area contributed by atoms with Crippen molar-refractivity contribution in [2.45, 2.75) is 63.6 Å². The van der Waals surface area contributed by atoms with Crippen molar-refractivity contribution in [3.63, 3.8) is 0 Å². The van der Waals surface area contributed by atoms with Gasteiger partial charge in [0, 0.05) is 37.5 Å². The molecule has 1 aliphatic carbocycles. The SMILES string of the molecule is CC1(C)c2nc(-c3ccc(F)cc3)c(NC3CCC(F)(F)CC3)n2CCN1C(=O)CN. The zero-order chi connectivity index (χ0) is 22.4. The molecule has 0 spiro atoms. The Labute approximate surface area is 179 Å². The first kappa shape index (κ1) is 21.7. The highest BCUT2D eigenvalue weighted by atomic mass is 19.3. The third-order valence-corrected chi connectivity index (χ3v) is 6.39. The van der Waals surface area contributed by atoms with Gasteiger partial charge in [-0.15, -0.1) is 0 Å². The van der Waals surface area contributed by atoms with Gasteiger partial charge < -0.3 is 20.5 Å². The van der Waals surface area contributed by atoms with Crippen molar-refractivity contribution in [2.24, 2.45) is 5.73 Å². The van der Waals surface area contributed by atoms with E-state index in [2.05, 4.69) is 5.32 Å². The highest BCUT2D eigenvalue weighted by Gasteiger charge is 2.42. The zero-order valence-corrected chi connectivity index (χ0v) is 17.8. The standard InChI is InChI=1S/C22H28F3N5O/c1-21(2)20-28-18(14-3-5-15(23)6-4-14)19(27-16-7-9-22(24,25)10-8-16)29(20)11-12-30(21)17(31)13-26/h3-6,16,27H,7-13,26H2,1-2H3. The lowest BCUT2D eigenvalue weighted by atomic mass is 9.92. The topological polar surface area (TPSA) is 76.2 Å². The predicted octanol–water partition coefficient (Wildman–Crippen LogP) is 3.72. The molecule has 0 unspecified atom stereocenters. The highest BCUT2D eigenvalue weighted by molar-refractivity contribution is 5.80. The van der Waals surface area contributed by atoms with Gasteiger partial charge in [0.15, 0.2) is 0 Å². The van der Waals surface area contributed by atoms with Crippen LogP contribution in [0.2, 0.25) is 0 Å². The molecular weight excluding hydrogens is 407 g/mol. The van der Waals surface area contributed by atoms with Gasteiger partial charge in [0.2, 0.25) is 11.8 Å². The van der Waals surface area contributed by atoms with E-state index >= 15 is 0 Å². The summed E-state index contributed by atoms with van der Waals surface area (Å²) in [6.45, 7) is 4.71. The summed E-state index contributed by atoms with van der Waals surface area (Å²) in [7, 11) is 0. The van der Waals surface area contributed by atoms with Gasteiger partial charge in [0.1, 0.15) is 23.2 Å². The molecule has 1 aromatic carbocycles. The zero-order valence-electron chi connectivity index (χ0n) is 17.8. The Hall–Kier alpha value is -2.55. The molecule has 0 radical (unpaired) electrons. The number of carbonyl (C=O) groups excluding carboxylic acids is 1. The molecule has 2 aliphatic rings. The van der Waals surface area contributed by atoms with Crippen LogP contribution < -0.4 is 11.1 Å². The van der Waals surface area contributed by atoms with E-state index in [4.69, 9.17) is 10.7 Å². The van der Waals surface area contributed by atoms with E-state index < -0.39 is 11.5 Å². The minimum atomic E-state index is -2.61. The minimum absolute atomic E-state index is 0.0870. The predicted molar refractivity (Wildman–Crippen MR) is 112 cm³/mol. The molecule has 1 fully saturated rings. The summed E-state index contributed by atoms with van der Waals surface area (Å²) in [6.07, 6.45) is 0.415. The van der Waals surface area contributed by atoms with Crippen molar-refractivity contribution in [3.8, 4) is 11.3 Å². The third kappa shape index (κ3) is 4.03. The summed E-state index contributed by atoms with van der Waals surface area (Å²) in [6, 6.07) is 5.94. The number of amides is 1. The van der Waals surface area contributed by atoms with Gasteiger partial charge >= 0.3 is 0 Å². The average Bonchev–Trinajstić information content (AvgIpc) is 3.09. The molecule has 1 amide bonds. The maximum atomic E-state index is 13.6. The van der Waals surface area contributed by atoms with Crippen molar-refractivity contribution in [3.05, 3.63) is 35.9 Å². The molecule has 3 N–H and O–H groups in total. The number of fused-ring (bicyclic) bond motifs is 1. The number of carbonyl (C=O) groups is 1. The largest absolute Gasteiger partial charge is 0.367 e. The number of imidazole rings is 1. The van der Waals surface area contributed by atoms with E-state index in [1.165, 1.54) is 12.1 Å². The Bertz CT molecular complexity index is 960. The van der Waals surface area contributed by atoms with Gasteiger partial charge in [0.25, 0.3) is 0 Å². The van der Waals surface area contributed by atoms with E-state index in [1.807, 2.05) is 18.4 Å². The number of nitrogens with one attached hydrogen (secondary N) is 1. The van der Waals surface area contributed by atoms with Crippen LogP contribution in [0.15, 0.2) is 24.3 Å². The number of alkyl halides is 2. The molecule has 2 heterocycles. The van der Waals surface area contributed by atoms with Crippen LogP contribution >= 0.6 is 0 Å². The number of nitrogens with two attached hydrogens (primary N) is 1. The van der Waals surface area contributed by atoms with Crippen LogP contribution in [0.25, 0.3) is 11.3 Å². The first-order valence-electron chi connectivity index (χ1n) is 10.6. The minimum Gasteiger partial charge on any atom is -0.367 e. The van der Waals surface area contributed by atoms with Crippen molar-refractivity contribution in [2.75, 3.05) is 18.4 Å². The summed E-state index contributed by atoms with van der Waals surface area (Å²) in [5.74, 6) is -1.71. The van der Waals surface area contributed by atoms with Gasteiger partial charge in [-0.2, -0.15) is 0 Å². The van der Waals surface area contributed by atoms with Crippen molar-refractivity contribution < 1.29 is 18.0 Å². The van der Waals surface area contributed by atoms with Crippen LogP contribution in [0, 0.1) is 5.82 Å². The number of hydrogen-bond donors (Lipinski definition) is 2. The molecule has 9 heteroatoms. The van der Waals surface area contributed by atoms with Crippen molar-refractivity contribution >= 4 is 11.7 Å². The van der Waals surface area contributed by atoms with Crippen molar-refractivity contribution in [1.29, 1.82) is 0 Å². The lowest BCUT2D eigenvalue weighted by molar-refractivity contribution is -0.137. The van der Waals surface area contributed by atoms with Crippen molar-refractivity contribution in [1.82, 2.24) is 14.5 Å². The third-order valence-electron chi connectivity index (χ3n) is 6.39. The number of benzene rings is 1. The molecule has 1 saturated carbocycles. The summed E-state index contributed by atoms with van der Waals surface area (Å²) >= 11 is 0. The molecular formula is C22H28F3N5O. The number of hydrogen-bond acceptors (Lipinski definition) is 4. The fourth-order valence-electron chi connectivity index (χ4n) is 4.62. The molecule has 168 valence electrons. The molecule has 6 nitrogen and oxygen atoms in total. The molecule has 1 aliphatic heterocycles. The molecule has 4 rings (SSSR count). The van der Waals surface area contributed by atoms with Gasteiger partial charge in [-0.3, -0.25) is 4.79 Å². The summed E-state index contributed by atoms with van der Waals surface area (Å²) in [4.78, 5) is 19.0. The lowest BCUT2D eigenvalue weighted by Crippen LogP contribution is -2.53. The molecule has 31 heavy (non-hydrogen) atoms. The van der Waals surface area contributed by atoms with Gasteiger partial charge in [-0.25, -0.2) is 18.2 Å². The molecule has 2 aromatic rings. The van der Waals surface area contributed by atoms with Crippen LogP contribution in [0.4, 0.5) is 19.0 Å². The van der Waals surface area contributed by atoms with Gasteiger partial charge in [-0.05, 0) is 51.0 Å². The number of aromatic nitrogens is 2. The van der Waals surface area contributed by atoms with Crippen LogP contribution in [0.5, 0.6) is 0 Å². The van der Waals surface area contributed by atoms with E-state index in [9.17, 15) is 18.0 Å². The second kappa shape index (κ2) is 7.85. The Morgan fingerprint density at radius 3 is 2.45 bits per heavy atom. The highest BCUT2D eigenvalue weighted by Crippen LogP contribution is 2.40.